The summed E-state index contributed by atoms with van der Waals surface area (Å²) in [6, 6.07) is 0. The number of aliphatic carboxylic acids is 1. The molecular formula is C14H22FNO3. The largest absolute Gasteiger partial charge is 0.481 e. The molecule has 1 saturated heterocycles. The second-order valence-corrected chi connectivity index (χ2v) is 5.96. The number of carboxylic acid groups (broad SMARTS) is 1. The van der Waals surface area contributed by atoms with E-state index in [2.05, 4.69) is 0 Å². The van der Waals surface area contributed by atoms with Crippen LogP contribution in [0, 0.1) is 17.8 Å². The van der Waals surface area contributed by atoms with Crippen LogP contribution in [0.2, 0.25) is 0 Å². The zero-order chi connectivity index (χ0) is 14.0. The van der Waals surface area contributed by atoms with E-state index in [1.807, 2.05) is 6.92 Å². The van der Waals surface area contributed by atoms with Crippen LogP contribution in [0.1, 0.15) is 39.0 Å². The lowest BCUT2D eigenvalue weighted by Gasteiger charge is -2.37. The van der Waals surface area contributed by atoms with E-state index in [9.17, 15) is 14.0 Å². The molecule has 108 valence electrons. The van der Waals surface area contributed by atoms with Crippen molar-refractivity contribution >= 4 is 11.9 Å². The van der Waals surface area contributed by atoms with Crippen LogP contribution in [0.25, 0.3) is 0 Å². The molecule has 1 heterocycles. The third kappa shape index (κ3) is 3.25. The first-order chi connectivity index (χ1) is 8.99. The van der Waals surface area contributed by atoms with Crippen molar-refractivity contribution in [2.45, 2.75) is 45.2 Å². The van der Waals surface area contributed by atoms with E-state index >= 15 is 0 Å². The fourth-order valence-corrected chi connectivity index (χ4v) is 3.33. The molecule has 2 aliphatic rings. The lowest BCUT2D eigenvalue weighted by molar-refractivity contribution is -0.150. The summed E-state index contributed by atoms with van der Waals surface area (Å²) in [6.07, 6.45) is 2.11. The smallest absolute Gasteiger partial charge is 0.306 e. The van der Waals surface area contributed by atoms with E-state index in [1.165, 1.54) is 0 Å². The molecule has 0 aromatic carbocycles. The number of hydrogen-bond donors (Lipinski definition) is 1. The molecule has 1 aliphatic carbocycles. The average Bonchev–Trinajstić information content (AvgIpc) is 2.37. The lowest BCUT2D eigenvalue weighted by atomic mass is 9.84. The number of carbonyl (C=O) groups excluding carboxylic acids is 1. The van der Waals surface area contributed by atoms with Gasteiger partial charge in [0.1, 0.15) is 6.17 Å². The quantitative estimate of drug-likeness (QED) is 0.836. The number of nitrogens with zero attached hydrogens (tertiary/aromatic N) is 1. The maximum atomic E-state index is 13.4. The summed E-state index contributed by atoms with van der Waals surface area (Å²) < 4.78 is 13.4. The Morgan fingerprint density at radius 3 is 2.58 bits per heavy atom. The first-order valence-electron chi connectivity index (χ1n) is 7.14. The first-order valence-corrected chi connectivity index (χ1v) is 7.14. The Hall–Kier alpha value is -1.13. The predicted molar refractivity (Wildman–Crippen MR) is 68.3 cm³/mol. The normalized spacial score (nSPS) is 36.0. The Bertz CT molecular complexity index is 361. The maximum Gasteiger partial charge on any atom is 0.306 e. The highest BCUT2D eigenvalue weighted by molar-refractivity contribution is 5.79. The van der Waals surface area contributed by atoms with Gasteiger partial charge in [0.05, 0.1) is 5.92 Å². The summed E-state index contributed by atoms with van der Waals surface area (Å²) in [6.45, 7) is 2.86. The molecule has 2 rings (SSSR count). The molecule has 1 aliphatic heterocycles. The highest BCUT2D eigenvalue weighted by atomic mass is 19.1. The number of amides is 1. The van der Waals surface area contributed by atoms with Gasteiger partial charge in [-0.25, -0.2) is 4.39 Å². The number of piperidine rings is 1. The predicted octanol–water partition coefficient (Wildman–Crippen LogP) is 2.08. The molecule has 1 saturated carbocycles. The minimum atomic E-state index is -0.850. The van der Waals surface area contributed by atoms with Crippen molar-refractivity contribution in [3.63, 3.8) is 0 Å². The number of likely N-dealkylation sites (tertiary alicyclic amines) is 1. The van der Waals surface area contributed by atoms with Gasteiger partial charge in [-0.15, -0.1) is 0 Å². The van der Waals surface area contributed by atoms with Crippen LogP contribution in [0.4, 0.5) is 4.39 Å². The molecule has 5 heteroatoms. The van der Waals surface area contributed by atoms with Gasteiger partial charge >= 0.3 is 5.97 Å². The number of halogens is 1. The Labute approximate surface area is 113 Å². The lowest BCUT2D eigenvalue weighted by Crippen LogP contribution is -2.47. The van der Waals surface area contributed by atoms with Gasteiger partial charge in [-0.2, -0.15) is 0 Å². The zero-order valence-corrected chi connectivity index (χ0v) is 11.3. The molecule has 1 amide bonds. The van der Waals surface area contributed by atoms with E-state index in [4.69, 9.17) is 5.11 Å². The third-order valence-electron chi connectivity index (χ3n) is 4.49. The van der Waals surface area contributed by atoms with Crippen LogP contribution in [-0.4, -0.2) is 41.1 Å². The van der Waals surface area contributed by atoms with E-state index in [-0.39, 0.29) is 23.7 Å². The van der Waals surface area contributed by atoms with Crippen molar-refractivity contribution in [1.82, 2.24) is 4.90 Å². The van der Waals surface area contributed by atoms with Crippen molar-refractivity contribution in [1.29, 1.82) is 0 Å². The van der Waals surface area contributed by atoms with Crippen LogP contribution < -0.4 is 0 Å². The number of hydrogen-bond acceptors (Lipinski definition) is 2. The first kappa shape index (κ1) is 14.3. The molecular weight excluding hydrogens is 249 g/mol. The van der Waals surface area contributed by atoms with Crippen LogP contribution in [0.15, 0.2) is 0 Å². The summed E-state index contributed by atoms with van der Waals surface area (Å²) in [5, 5.41) is 9.06. The molecule has 0 radical (unpaired) electrons. The van der Waals surface area contributed by atoms with Crippen molar-refractivity contribution < 1.29 is 19.1 Å². The van der Waals surface area contributed by atoms with Crippen molar-refractivity contribution in [3.05, 3.63) is 0 Å². The summed E-state index contributed by atoms with van der Waals surface area (Å²) in [5.74, 6) is -1.33. The van der Waals surface area contributed by atoms with Gasteiger partial charge in [0, 0.05) is 19.0 Å². The van der Waals surface area contributed by atoms with Gasteiger partial charge in [-0.1, -0.05) is 6.92 Å². The zero-order valence-electron chi connectivity index (χ0n) is 11.3. The molecule has 0 spiro atoms. The Balaban J connectivity index is 1.92. The number of carbonyl (C=O) groups is 2. The van der Waals surface area contributed by atoms with Crippen LogP contribution >= 0.6 is 0 Å². The van der Waals surface area contributed by atoms with Crippen LogP contribution in [-0.2, 0) is 9.59 Å². The van der Waals surface area contributed by atoms with Gasteiger partial charge < -0.3 is 10.0 Å². The van der Waals surface area contributed by atoms with Gasteiger partial charge in [0.15, 0.2) is 0 Å². The molecule has 4 atom stereocenters. The molecule has 1 N–H and O–H groups in total. The highest BCUT2D eigenvalue weighted by Gasteiger charge is 2.36. The molecule has 4 unspecified atom stereocenters. The fourth-order valence-electron chi connectivity index (χ4n) is 3.33. The third-order valence-corrected chi connectivity index (χ3v) is 4.49. The number of rotatable bonds is 2. The second-order valence-electron chi connectivity index (χ2n) is 5.96. The Morgan fingerprint density at radius 2 is 2.00 bits per heavy atom. The minimum Gasteiger partial charge on any atom is -0.481 e. The van der Waals surface area contributed by atoms with Crippen LogP contribution in [0.5, 0.6) is 0 Å². The molecule has 2 fully saturated rings. The standard InChI is InChI=1S/C14H22FNO3/c1-9-8-16(6-5-12(9)14(18)19)13(17)10-3-2-4-11(15)7-10/h9-12H,2-8H2,1H3,(H,18,19). The maximum absolute atomic E-state index is 13.4. The minimum absolute atomic E-state index is 0.0260. The average molecular weight is 271 g/mol. The Kier molecular flexibility index (Phi) is 4.42. The number of alkyl halides is 1. The number of carboxylic acids is 1. The summed E-state index contributed by atoms with van der Waals surface area (Å²) in [4.78, 5) is 25.1. The molecule has 0 bridgehead atoms. The van der Waals surface area contributed by atoms with E-state index in [1.54, 1.807) is 4.90 Å². The monoisotopic (exact) mass is 271 g/mol. The summed E-state index contributed by atoms with van der Waals surface area (Å²) >= 11 is 0. The molecule has 0 aromatic rings. The molecule has 19 heavy (non-hydrogen) atoms. The SMILES string of the molecule is CC1CN(C(=O)C2CCCC(F)C2)CCC1C(=O)O. The van der Waals surface area contributed by atoms with E-state index < -0.39 is 12.1 Å². The van der Waals surface area contributed by atoms with E-state index in [0.29, 0.717) is 32.4 Å². The van der Waals surface area contributed by atoms with Crippen molar-refractivity contribution in [2.75, 3.05) is 13.1 Å². The molecule has 0 aromatic heterocycles. The fraction of sp³-hybridized carbons (Fsp3) is 0.857. The topological polar surface area (TPSA) is 57.6 Å². The second kappa shape index (κ2) is 5.88. The van der Waals surface area contributed by atoms with Gasteiger partial charge in [-0.05, 0) is 38.0 Å². The highest BCUT2D eigenvalue weighted by Crippen LogP contribution is 2.30. The van der Waals surface area contributed by atoms with Gasteiger partial charge in [0.2, 0.25) is 5.91 Å². The Morgan fingerprint density at radius 1 is 1.26 bits per heavy atom. The van der Waals surface area contributed by atoms with Crippen molar-refractivity contribution in [2.24, 2.45) is 17.8 Å². The molecule has 4 nitrogen and oxygen atoms in total. The summed E-state index contributed by atoms with van der Waals surface area (Å²) in [5.41, 5.74) is 0. The van der Waals surface area contributed by atoms with E-state index in [0.717, 1.165) is 12.8 Å². The van der Waals surface area contributed by atoms with Crippen LogP contribution in [0.3, 0.4) is 0 Å². The van der Waals surface area contributed by atoms with Gasteiger partial charge in [0.25, 0.3) is 0 Å². The van der Waals surface area contributed by atoms with Crippen molar-refractivity contribution in [3.8, 4) is 0 Å². The van der Waals surface area contributed by atoms with Gasteiger partial charge in [-0.3, -0.25) is 9.59 Å². The summed E-state index contributed by atoms with van der Waals surface area (Å²) in [7, 11) is 0.